The molecule has 1 aromatic rings. The molecule has 0 bridgehead atoms. The number of carboxylic acids is 1. The van der Waals surface area contributed by atoms with Crippen LogP contribution >= 0.6 is 0 Å². The second kappa shape index (κ2) is 3.84. The topological polar surface area (TPSA) is 80.9 Å². The molecule has 6 heteroatoms. The van der Waals surface area contributed by atoms with E-state index in [1.807, 2.05) is 0 Å². The molecule has 1 fully saturated rings. The average Bonchev–Trinajstić information content (AvgIpc) is 2.85. The first-order chi connectivity index (χ1) is 7.54. The lowest BCUT2D eigenvalue weighted by atomic mass is 9.88. The van der Waals surface area contributed by atoms with Crippen LogP contribution < -0.4 is 0 Å². The van der Waals surface area contributed by atoms with Gasteiger partial charge in [0.2, 0.25) is 0 Å². The van der Waals surface area contributed by atoms with Crippen molar-refractivity contribution in [2.24, 2.45) is 0 Å². The fourth-order valence-corrected chi connectivity index (χ4v) is 2.34. The van der Waals surface area contributed by atoms with Gasteiger partial charge in [-0.25, -0.2) is 9.48 Å². The molecule has 2 rings (SSSR count). The number of rotatable bonds is 3. The summed E-state index contributed by atoms with van der Waals surface area (Å²) < 4.78 is 1.44. The lowest BCUT2D eigenvalue weighted by Crippen LogP contribution is -2.28. The maximum atomic E-state index is 11.0. The fourth-order valence-electron chi connectivity index (χ4n) is 2.34. The number of aromatic nitrogens is 4. The average molecular weight is 224 g/mol. The Morgan fingerprint density at radius 1 is 1.50 bits per heavy atom. The van der Waals surface area contributed by atoms with Gasteiger partial charge in [0.05, 0.1) is 0 Å². The lowest BCUT2D eigenvalue weighted by molar-refractivity contribution is -0.140. The molecule has 0 aromatic carbocycles. The van der Waals surface area contributed by atoms with E-state index in [9.17, 15) is 4.79 Å². The molecule has 1 heterocycles. The van der Waals surface area contributed by atoms with E-state index < -0.39 is 12.0 Å². The first-order valence-corrected chi connectivity index (χ1v) is 5.56. The Balaban J connectivity index is 2.35. The molecule has 1 atom stereocenters. The Hall–Kier alpha value is -1.46. The molecule has 1 aromatic heterocycles. The van der Waals surface area contributed by atoms with Crippen LogP contribution in [-0.2, 0) is 10.2 Å². The summed E-state index contributed by atoms with van der Waals surface area (Å²) in [4.78, 5) is 11.0. The van der Waals surface area contributed by atoms with Crippen LogP contribution in [0.25, 0.3) is 0 Å². The monoisotopic (exact) mass is 224 g/mol. The van der Waals surface area contributed by atoms with Crippen LogP contribution in [0.15, 0.2) is 0 Å². The Kier molecular flexibility index (Phi) is 2.65. The normalized spacial score (nSPS) is 20.9. The van der Waals surface area contributed by atoms with Crippen LogP contribution in [0.4, 0.5) is 0 Å². The first kappa shape index (κ1) is 11.0. The summed E-state index contributed by atoms with van der Waals surface area (Å²) in [5.41, 5.74) is -0.0623. The predicted molar refractivity (Wildman–Crippen MR) is 56.0 cm³/mol. The molecule has 88 valence electrons. The Bertz CT molecular complexity index is 395. The standard InChI is InChI=1S/C10H16N4O2/c1-7(8(15)16)14-9(11-12-13-14)10(2)5-3-4-6-10/h7H,3-6H2,1-2H3,(H,15,16). The second-order valence-electron chi connectivity index (χ2n) is 4.73. The van der Waals surface area contributed by atoms with Gasteiger partial charge in [-0.2, -0.15) is 0 Å². The summed E-state index contributed by atoms with van der Waals surface area (Å²) in [7, 11) is 0. The van der Waals surface area contributed by atoms with Gasteiger partial charge in [-0.3, -0.25) is 0 Å². The maximum absolute atomic E-state index is 11.0. The van der Waals surface area contributed by atoms with Gasteiger partial charge >= 0.3 is 5.97 Å². The van der Waals surface area contributed by atoms with E-state index in [-0.39, 0.29) is 5.41 Å². The van der Waals surface area contributed by atoms with E-state index >= 15 is 0 Å². The van der Waals surface area contributed by atoms with Gasteiger partial charge in [0.1, 0.15) is 6.04 Å². The van der Waals surface area contributed by atoms with Crippen LogP contribution in [0.5, 0.6) is 0 Å². The quantitative estimate of drug-likeness (QED) is 0.832. The number of nitrogens with zero attached hydrogens (tertiary/aromatic N) is 4. The molecular formula is C10H16N4O2. The van der Waals surface area contributed by atoms with Crippen molar-refractivity contribution in [2.45, 2.75) is 51.0 Å². The number of carboxylic acid groups (broad SMARTS) is 1. The van der Waals surface area contributed by atoms with Gasteiger partial charge < -0.3 is 5.11 Å². The maximum Gasteiger partial charge on any atom is 0.328 e. The van der Waals surface area contributed by atoms with Gasteiger partial charge in [-0.15, -0.1) is 5.10 Å². The van der Waals surface area contributed by atoms with E-state index in [4.69, 9.17) is 5.11 Å². The van der Waals surface area contributed by atoms with Crippen molar-refractivity contribution in [2.75, 3.05) is 0 Å². The van der Waals surface area contributed by atoms with E-state index in [2.05, 4.69) is 22.4 Å². The van der Waals surface area contributed by atoms with Crippen LogP contribution in [0.2, 0.25) is 0 Å². The van der Waals surface area contributed by atoms with E-state index in [0.717, 1.165) is 25.7 Å². The summed E-state index contributed by atoms with van der Waals surface area (Å²) in [5, 5.41) is 20.4. The lowest BCUT2D eigenvalue weighted by Gasteiger charge is -2.23. The molecule has 0 spiro atoms. The highest BCUT2D eigenvalue weighted by molar-refractivity contribution is 5.71. The Morgan fingerprint density at radius 3 is 2.69 bits per heavy atom. The summed E-state index contributed by atoms with van der Waals surface area (Å²) in [6, 6.07) is -0.706. The van der Waals surface area contributed by atoms with E-state index in [0.29, 0.717) is 5.82 Å². The van der Waals surface area contributed by atoms with Crippen molar-refractivity contribution in [3.8, 4) is 0 Å². The molecule has 0 radical (unpaired) electrons. The van der Waals surface area contributed by atoms with Crippen molar-refractivity contribution >= 4 is 5.97 Å². The molecule has 6 nitrogen and oxygen atoms in total. The third kappa shape index (κ3) is 1.68. The third-order valence-electron chi connectivity index (χ3n) is 3.46. The summed E-state index contributed by atoms with van der Waals surface area (Å²) >= 11 is 0. The van der Waals surface area contributed by atoms with Gasteiger partial charge in [-0.1, -0.05) is 19.8 Å². The molecule has 1 saturated carbocycles. The Morgan fingerprint density at radius 2 is 2.12 bits per heavy atom. The largest absolute Gasteiger partial charge is 0.480 e. The minimum atomic E-state index is -0.907. The van der Waals surface area contributed by atoms with Crippen molar-refractivity contribution in [1.82, 2.24) is 20.2 Å². The minimum Gasteiger partial charge on any atom is -0.480 e. The highest BCUT2D eigenvalue weighted by Crippen LogP contribution is 2.39. The number of hydrogen-bond donors (Lipinski definition) is 1. The third-order valence-corrected chi connectivity index (χ3v) is 3.46. The van der Waals surface area contributed by atoms with Crippen molar-refractivity contribution in [3.05, 3.63) is 5.82 Å². The second-order valence-corrected chi connectivity index (χ2v) is 4.73. The zero-order chi connectivity index (χ0) is 11.8. The molecule has 0 aliphatic heterocycles. The van der Waals surface area contributed by atoms with Crippen LogP contribution in [0.1, 0.15) is 51.4 Å². The highest BCUT2D eigenvalue weighted by Gasteiger charge is 2.37. The Labute approximate surface area is 93.6 Å². The number of aliphatic carboxylic acids is 1. The molecule has 1 aliphatic rings. The molecule has 1 N–H and O–H groups in total. The first-order valence-electron chi connectivity index (χ1n) is 5.56. The minimum absolute atomic E-state index is 0.0623. The van der Waals surface area contributed by atoms with Gasteiger partial charge in [0.15, 0.2) is 5.82 Å². The zero-order valence-electron chi connectivity index (χ0n) is 9.55. The number of carbonyl (C=O) groups is 1. The molecule has 1 aliphatic carbocycles. The highest BCUT2D eigenvalue weighted by atomic mass is 16.4. The van der Waals surface area contributed by atoms with Gasteiger partial charge in [-0.05, 0) is 30.2 Å². The zero-order valence-corrected chi connectivity index (χ0v) is 9.55. The van der Waals surface area contributed by atoms with Gasteiger partial charge in [0, 0.05) is 5.41 Å². The van der Waals surface area contributed by atoms with E-state index in [1.54, 1.807) is 6.92 Å². The summed E-state index contributed by atoms with van der Waals surface area (Å²) in [5.74, 6) is -0.199. The summed E-state index contributed by atoms with van der Waals surface area (Å²) in [6.07, 6.45) is 4.37. The van der Waals surface area contributed by atoms with Crippen molar-refractivity contribution in [3.63, 3.8) is 0 Å². The molecule has 16 heavy (non-hydrogen) atoms. The molecule has 0 amide bonds. The van der Waals surface area contributed by atoms with Crippen molar-refractivity contribution in [1.29, 1.82) is 0 Å². The number of tetrazole rings is 1. The fraction of sp³-hybridized carbons (Fsp3) is 0.800. The predicted octanol–water partition coefficient (Wildman–Crippen LogP) is 1.15. The smallest absolute Gasteiger partial charge is 0.328 e. The SMILES string of the molecule is CC(C(=O)O)n1nnnc1C1(C)CCCC1. The van der Waals surface area contributed by atoms with E-state index in [1.165, 1.54) is 4.68 Å². The summed E-state index contributed by atoms with van der Waals surface area (Å²) in [6.45, 7) is 3.71. The van der Waals surface area contributed by atoms with Gasteiger partial charge in [0.25, 0.3) is 0 Å². The number of hydrogen-bond acceptors (Lipinski definition) is 4. The van der Waals surface area contributed by atoms with Crippen LogP contribution in [0, 0.1) is 0 Å². The van der Waals surface area contributed by atoms with Crippen molar-refractivity contribution < 1.29 is 9.90 Å². The molecule has 1 unspecified atom stereocenters. The molecule has 0 saturated heterocycles. The molecular weight excluding hydrogens is 208 g/mol. The van der Waals surface area contributed by atoms with Crippen LogP contribution in [-0.4, -0.2) is 31.3 Å². The van der Waals surface area contributed by atoms with Crippen LogP contribution in [0.3, 0.4) is 0 Å².